The van der Waals surface area contributed by atoms with E-state index in [1.165, 1.54) is 11.4 Å². The number of hydrogen-bond donors (Lipinski definition) is 0. The molecule has 0 atom stereocenters. The largest absolute Gasteiger partial charge is 0.393 e. The fourth-order valence-electron chi connectivity index (χ4n) is 1.30. The van der Waals surface area contributed by atoms with Crippen LogP contribution in [0.25, 0.3) is 0 Å². The van der Waals surface area contributed by atoms with E-state index >= 15 is 0 Å². The zero-order chi connectivity index (χ0) is 13.4. The predicted octanol–water partition coefficient (Wildman–Crippen LogP) is 5.05. The van der Waals surface area contributed by atoms with E-state index in [4.69, 9.17) is 9.05 Å². The van der Waals surface area contributed by atoms with E-state index in [0.717, 1.165) is 23.3 Å². The van der Waals surface area contributed by atoms with Crippen molar-refractivity contribution in [2.24, 2.45) is 0 Å². The second-order valence-electron chi connectivity index (χ2n) is 4.02. The third-order valence-corrected chi connectivity index (χ3v) is 5.74. The minimum atomic E-state index is -3.08. The van der Waals surface area contributed by atoms with Crippen molar-refractivity contribution in [2.75, 3.05) is 13.2 Å². The van der Waals surface area contributed by atoms with Gasteiger partial charge in [0.2, 0.25) is 0 Å². The molecule has 0 fully saturated rings. The van der Waals surface area contributed by atoms with Gasteiger partial charge in [-0.15, -0.1) is 0 Å². The highest BCUT2D eigenvalue weighted by atomic mass is 32.7. The molecule has 0 aliphatic heterocycles. The molecule has 0 N–H and O–H groups in total. The van der Waals surface area contributed by atoms with Gasteiger partial charge in [0.15, 0.2) is 0 Å². The molecule has 0 heterocycles. The summed E-state index contributed by atoms with van der Waals surface area (Å²) < 4.78 is 23.4. The number of aryl methyl sites for hydroxylation is 1. The maximum atomic E-state index is 12.5. The van der Waals surface area contributed by atoms with Crippen LogP contribution in [0.15, 0.2) is 29.2 Å². The van der Waals surface area contributed by atoms with Gasteiger partial charge in [-0.2, -0.15) is 0 Å². The summed E-state index contributed by atoms with van der Waals surface area (Å²) in [5.41, 5.74) is 1.14. The van der Waals surface area contributed by atoms with E-state index in [2.05, 4.69) is 0 Å². The molecule has 0 spiro atoms. The lowest BCUT2D eigenvalue weighted by Gasteiger charge is -2.17. The van der Waals surface area contributed by atoms with Crippen LogP contribution < -0.4 is 0 Å². The number of benzene rings is 1. The molecule has 0 aromatic heterocycles. The first-order valence-electron chi connectivity index (χ1n) is 6.25. The molecule has 102 valence electrons. The molecule has 0 aliphatic carbocycles. The lowest BCUT2D eigenvalue weighted by atomic mass is 10.2. The second-order valence-corrected chi connectivity index (χ2v) is 7.98. The van der Waals surface area contributed by atoms with Crippen LogP contribution >= 0.6 is 18.2 Å². The van der Waals surface area contributed by atoms with E-state index in [0.29, 0.717) is 13.2 Å². The van der Waals surface area contributed by atoms with Gasteiger partial charge >= 0.3 is 6.80 Å². The van der Waals surface area contributed by atoms with Gasteiger partial charge in [0, 0.05) is 4.90 Å². The Balaban J connectivity index is 2.73. The van der Waals surface area contributed by atoms with Crippen LogP contribution in [0.4, 0.5) is 0 Å². The fourth-order valence-corrected chi connectivity index (χ4v) is 4.80. The van der Waals surface area contributed by atoms with E-state index < -0.39 is 6.80 Å². The van der Waals surface area contributed by atoms with Crippen LogP contribution in [0, 0.1) is 6.92 Å². The Bertz CT molecular complexity index is 397. The standard InChI is InChI=1S/C13H21O3PS/c1-4-9-15-17(14,16-10-5-2)18-13-8-6-7-12(3)11-13/h6-8,11H,4-5,9-10H2,1-3H3. The van der Waals surface area contributed by atoms with E-state index in [1.807, 2.05) is 45.0 Å². The summed E-state index contributed by atoms with van der Waals surface area (Å²) in [6.45, 7) is 3.82. The van der Waals surface area contributed by atoms with Crippen molar-refractivity contribution in [1.82, 2.24) is 0 Å². The minimum absolute atomic E-state index is 0.458. The van der Waals surface area contributed by atoms with Crippen molar-refractivity contribution in [3.05, 3.63) is 29.8 Å². The van der Waals surface area contributed by atoms with Crippen molar-refractivity contribution in [3.8, 4) is 0 Å². The van der Waals surface area contributed by atoms with Gasteiger partial charge in [0.1, 0.15) is 0 Å². The topological polar surface area (TPSA) is 35.5 Å². The third-order valence-electron chi connectivity index (χ3n) is 2.11. The molecule has 18 heavy (non-hydrogen) atoms. The quantitative estimate of drug-likeness (QED) is 0.627. The third kappa shape index (κ3) is 5.57. The zero-order valence-corrected chi connectivity index (χ0v) is 12.9. The van der Waals surface area contributed by atoms with Crippen molar-refractivity contribution < 1.29 is 13.6 Å². The summed E-state index contributed by atoms with van der Waals surface area (Å²) >= 11 is 1.20. The fraction of sp³-hybridized carbons (Fsp3) is 0.538. The molecule has 3 nitrogen and oxygen atoms in total. The molecule has 0 aliphatic rings. The maximum Gasteiger partial charge on any atom is 0.393 e. The Morgan fingerprint density at radius 3 is 2.28 bits per heavy atom. The lowest BCUT2D eigenvalue weighted by molar-refractivity contribution is 0.220. The Hall–Kier alpha value is -0.280. The van der Waals surface area contributed by atoms with Gasteiger partial charge in [-0.3, -0.25) is 0 Å². The number of rotatable bonds is 8. The second kappa shape index (κ2) is 8.00. The molecular weight excluding hydrogens is 267 g/mol. The first-order valence-corrected chi connectivity index (χ1v) is 9.21. The van der Waals surface area contributed by atoms with Crippen LogP contribution in [0.2, 0.25) is 0 Å². The van der Waals surface area contributed by atoms with Crippen molar-refractivity contribution >= 4 is 18.2 Å². The average Bonchev–Trinajstić information content (AvgIpc) is 2.34. The molecule has 0 amide bonds. The van der Waals surface area contributed by atoms with E-state index in [-0.39, 0.29) is 0 Å². The first kappa shape index (κ1) is 15.8. The Morgan fingerprint density at radius 1 is 1.17 bits per heavy atom. The smallest absolute Gasteiger partial charge is 0.301 e. The van der Waals surface area contributed by atoms with Gasteiger partial charge in [-0.1, -0.05) is 31.5 Å². The van der Waals surface area contributed by atoms with Gasteiger partial charge in [0.25, 0.3) is 0 Å². The zero-order valence-electron chi connectivity index (χ0n) is 11.2. The molecule has 1 rings (SSSR count). The van der Waals surface area contributed by atoms with Gasteiger partial charge in [-0.25, -0.2) is 4.57 Å². The van der Waals surface area contributed by atoms with E-state index in [9.17, 15) is 4.57 Å². The van der Waals surface area contributed by atoms with Crippen LogP contribution in [0.3, 0.4) is 0 Å². The van der Waals surface area contributed by atoms with Crippen LogP contribution in [-0.2, 0) is 13.6 Å². The lowest BCUT2D eigenvalue weighted by Crippen LogP contribution is -1.95. The average molecular weight is 288 g/mol. The Kier molecular flexibility index (Phi) is 7.02. The van der Waals surface area contributed by atoms with Crippen molar-refractivity contribution in [3.63, 3.8) is 0 Å². The van der Waals surface area contributed by atoms with Crippen molar-refractivity contribution in [2.45, 2.75) is 38.5 Å². The summed E-state index contributed by atoms with van der Waals surface area (Å²) in [6, 6.07) is 7.87. The summed E-state index contributed by atoms with van der Waals surface area (Å²) in [7, 11) is 0. The molecule has 0 bridgehead atoms. The molecule has 5 heteroatoms. The maximum absolute atomic E-state index is 12.5. The predicted molar refractivity (Wildman–Crippen MR) is 77.1 cm³/mol. The van der Waals surface area contributed by atoms with E-state index in [1.54, 1.807) is 0 Å². The van der Waals surface area contributed by atoms with Crippen LogP contribution in [0.5, 0.6) is 0 Å². The first-order chi connectivity index (χ1) is 8.59. The van der Waals surface area contributed by atoms with Crippen LogP contribution in [0.1, 0.15) is 32.3 Å². The monoisotopic (exact) mass is 288 g/mol. The Labute approximate surface area is 114 Å². The minimum Gasteiger partial charge on any atom is -0.301 e. The van der Waals surface area contributed by atoms with Gasteiger partial charge in [0.05, 0.1) is 13.2 Å². The number of hydrogen-bond acceptors (Lipinski definition) is 4. The molecule has 0 radical (unpaired) electrons. The summed E-state index contributed by atoms with van der Waals surface area (Å²) in [5.74, 6) is 0. The Morgan fingerprint density at radius 2 is 1.78 bits per heavy atom. The molecule has 0 saturated carbocycles. The molecule has 1 aromatic carbocycles. The highest BCUT2D eigenvalue weighted by Gasteiger charge is 2.26. The normalized spacial score (nSPS) is 11.7. The molecule has 0 unspecified atom stereocenters. The summed E-state index contributed by atoms with van der Waals surface area (Å²) in [4.78, 5) is 0.922. The highest BCUT2D eigenvalue weighted by Crippen LogP contribution is 2.63. The summed E-state index contributed by atoms with van der Waals surface area (Å²) in [6.07, 6.45) is 1.65. The van der Waals surface area contributed by atoms with Gasteiger partial charge in [-0.05, 0) is 43.3 Å². The van der Waals surface area contributed by atoms with Crippen molar-refractivity contribution in [1.29, 1.82) is 0 Å². The van der Waals surface area contributed by atoms with Crippen LogP contribution in [-0.4, -0.2) is 13.2 Å². The summed E-state index contributed by atoms with van der Waals surface area (Å²) in [5, 5.41) is 0. The highest BCUT2D eigenvalue weighted by molar-refractivity contribution is 8.55. The SMILES string of the molecule is CCCOP(=O)(OCCC)Sc1cccc(C)c1. The molecule has 1 aromatic rings. The van der Waals surface area contributed by atoms with Gasteiger partial charge < -0.3 is 9.05 Å². The molecular formula is C13H21O3PS. The molecule has 0 saturated heterocycles.